The van der Waals surface area contributed by atoms with E-state index in [1.54, 1.807) is 12.1 Å². The molecule has 5 heteroatoms. The van der Waals surface area contributed by atoms with E-state index in [0.717, 1.165) is 47.5 Å². The van der Waals surface area contributed by atoms with Crippen LogP contribution in [0.5, 0.6) is 5.75 Å². The molecule has 4 rings (SSSR count). The molecule has 0 radical (unpaired) electrons. The molecule has 0 aliphatic heterocycles. The molecular formula is C29H30ClNO3. The summed E-state index contributed by atoms with van der Waals surface area (Å²) in [6.07, 6.45) is 0. The van der Waals surface area contributed by atoms with E-state index in [0.29, 0.717) is 34.1 Å². The zero-order valence-electron chi connectivity index (χ0n) is 20.2. The zero-order chi connectivity index (χ0) is 24.2. The Balaban J connectivity index is 1.69. The lowest BCUT2D eigenvalue weighted by Crippen LogP contribution is -2.27. The molecular weight excluding hydrogens is 446 g/mol. The van der Waals surface area contributed by atoms with Crippen molar-refractivity contribution < 1.29 is 13.9 Å². The van der Waals surface area contributed by atoms with Gasteiger partial charge in [-0.2, -0.15) is 0 Å². The fraction of sp³-hybridized carbons (Fsp3) is 0.276. The van der Waals surface area contributed by atoms with Gasteiger partial charge in [0, 0.05) is 34.1 Å². The normalized spacial score (nSPS) is 11.4. The number of hydrogen-bond donors (Lipinski definition) is 0. The van der Waals surface area contributed by atoms with Gasteiger partial charge in [0.1, 0.15) is 23.7 Å². The number of carbonyl (C=O) groups excluding carboxylic acids is 1. The minimum Gasteiger partial charge on any atom is -0.492 e. The molecule has 0 spiro atoms. The van der Waals surface area contributed by atoms with E-state index < -0.39 is 0 Å². The number of ether oxygens (including phenoxy) is 1. The molecule has 3 aromatic carbocycles. The lowest BCUT2D eigenvalue weighted by atomic mass is 9.95. The van der Waals surface area contributed by atoms with Gasteiger partial charge in [-0.3, -0.25) is 4.79 Å². The van der Waals surface area contributed by atoms with Gasteiger partial charge in [0.2, 0.25) is 0 Å². The van der Waals surface area contributed by atoms with Crippen molar-refractivity contribution in [3.63, 3.8) is 0 Å². The first-order valence-electron chi connectivity index (χ1n) is 11.7. The first-order valence-corrected chi connectivity index (χ1v) is 12.1. The maximum atomic E-state index is 13.7. The van der Waals surface area contributed by atoms with Crippen molar-refractivity contribution >= 4 is 28.4 Å². The summed E-state index contributed by atoms with van der Waals surface area (Å²) in [7, 11) is 0. The molecule has 1 aromatic heterocycles. The van der Waals surface area contributed by atoms with Gasteiger partial charge >= 0.3 is 0 Å². The van der Waals surface area contributed by atoms with Crippen LogP contribution in [-0.4, -0.2) is 36.9 Å². The average molecular weight is 476 g/mol. The maximum absolute atomic E-state index is 13.7. The van der Waals surface area contributed by atoms with Gasteiger partial charge < -0.3 is 14.1 Å². The molecule has 176 valence electrons. The summed E-state index contributed by atoms with van der Waals surface area (Å²) in [5.74, 6) is 1.26. The van der Waals surface area contributed by atoms with Gasteiger partial charge in [-0.1, -0.05) is 42.6 Å². The lowest BCUT2D eigenvalue weighted by Gasteiger charge is -2.18. The van der Waals surface area contributed by atoms with Gasteiger partial charge in [-0.15, -0.1) is 0 Å². The Hall–Kier alpha value is -3.08. The van der Waals surface area contributed by atoms with Crippen molar-refractivity contribution in [1.29, 1.82) is 0 Å². The molecule has 1 heterocycles. The van der Waals surface area contributed by atoms with Crippen LogP contribution in [0, 0.1) is 13.8 Å². The Morgan fingerprint density at radius 3 is 2.26 bits per heavy atom. The van der Waals surface area contributed by atoms with Crippen molar-refractivity contribution in [2.75, 3.05) is 26.2 Å². The second-order valence-electron chi connectivity index (χ2n) is 8.55. The van der Waals surface area contributed by atoms with Crippen molar-refractivity contribution in [3.8, 4) is 17.1 Å². The monoisotopic (exact) mass is 475 g/mol. The predicted molar refractivity (Wildman–Crippen MR) is 139 cm³/mol. The Morgan fingerprint density at radius 1 is 0.941 bits per heavy atom. The fourth-order valence-corrected chi connectivity index (χ4v) is 4.45. The average Bonchev–Trinajstić information content (AvgIpc) is 3.19. The fourth-order valence-electron chi connectivity index (χ4n) is 4.28. The largest absolute Gasteiger partial charge is 0.492 e. The number of halogens is 1. The summed E-state index contributed by atoms with van der Waals surface area (Å²) in [4.78, 5) is 16.0. The maximum Gasteiger partial charge on any atom is 0.197 e. The molecule has 34 heavy (non-hydrogen) atoms. The second-order valence-corrected chi connectivity index (χ2v) is 8.99. The van der Waals surface area contributed by atoms with Crippen LogP contribution >= 0.6 is 11.6 Å². The zero-order valence-corrected chi connectivity index (χ0v) is 20.9. The molecule has 0 bridgehead atoms. The van der Waals surface area contributed by atoms with E-state index in [1.165, 1.54) is 0 Å². The van der Waals surface area contributed by atoms with Gasteiger partial charge in [0.15, 0.2) is 5.78 Å². The summed E-state index contributed by atoms with van der Waals surface area (Å²) >= 11 is 6.21. The number of furan rings is 1. The number of nitrogens with zero attached hydrogens (tertiary/aromatic N) is 1. The number of likely N-dealkylation sites (N-methyl/N-ethyl adjacent to an activating group) is 1. The van der Waals surface area contributed by atoms with Crippen LogP contribution in [0.25, 0.3) is 22.3 Å². The molecule has 0 atom stereocenters. The molecule has 0 N–H and O–H groups in total. The van der Waals surface area contributed by atoms with Crippen molar-refractivity contribution in [3.05, 3.63) is 87.9 Å². The molecule has 0 amide bonds. The third-order valence-corrected chi connectivity index (χ3v) is 6.29. The number of carbonyl (C=O) groups is 1. The summed E-state index contributed by atoms with van der Waals surface area (Å²) < 4.78 is 12.1. The smallest absolute Gasteiger partial charge is 0.197 e. The SMILES string of the molecule is CCN(CC)CCOc1ccc(-c2oc3cc(Cl)ccc3c2C(=O)c2cc(C)cc(C)c2)cc1. The van der Waals surface area contributed by atoms with E-state index in [9.17, 15) is 4.79 Å². The quantitative estimate of drug-likeness (QED) is 0.238. The van der Waals surface area contributed by atoms with Crippen LogP contribution in [0.2, 0.25) is 5.02 Å². The van der Waals surface area contributed by atoms with Crippen molar-refractivity contribution in [2.45, 2.75) is 27.7 Å². The first kappa shape index (κ1) is 24.1. The van der Waals surface area contributed by atoms with Crippen LogP contribution in [0.15, 0.2) is 65.1 Å². The van der Waals surface area contributed by atoms with Crippen LogP contribution < -0.4 is 4.74 Å². The highest BCUT2D eigenvalue weighted by Gasteiger charge is 2.24. The molecule has 0 unspecified atom stereocenters. The number of ketones is 1. The van der Waals surface area contributed by atoms with Crippen LogP contribution in [0.3, 0.4) is 0 Å². The van der Waals surface area contributed by atoms with Gasteiger partial charge in [-0.25, -0.2) is 0 Å². The van der Waals surface area contributed by atoms with Crippen molar-refractivity contribution in [1.82, 2.24) is 4.90 Å². The number of fused-ring (bicyclic) bond motifs is 1. The number of hydrogen-bond acceptors (Lipinski definition) is 4. The molecule has 0 saturated heterocycles. The number of rotatable bonds is 9. The predicted octanol–water partition coefficient (Wildman–Crippen LogP) is 7.32. The van der Waals surface area contributed by atoms with Crippen LogP contribution in [-0.2, 0) is 0 Å². The Morgan fingerprint density at radius 2 is 1.62 bits per heavy atom. The minimum atomic E-state index is -0.0672. The summed E-state index contributed by atoms with van der Waals surface area (Å²) in [6, 6.07) is 19.0. The molecule has 0 fully saturated rings. The van der Waals surface area contributed by atoms with Crippen LogP contribution in [0.4, 0.5) is 0 Å². The Kier molecular flexibility index (Phi) is 7.40. The second kappa shape index (κ2) is 10.5. The highest BCUT2D eigenvalue weighted by molar-refractivity contribution is 6.31. The summed E-state index contributed by atoms with van der Waals surface area (Å²) in [5.41, 5.74) is 4.70. The van der Waals surface area contributed by atoms with Crippen LogP contribution in [0.1, 0.15) is 40.9 Å². The summed E-state index contributed by atoms with van der Waals surface area (Å²) in [6.45, 7) is 11.8. The number of benzene rings is 3. The molecule has 4 aromatic rings. The lowest BCUT2D eigenvalue weighted by molar-refractivity contribution is 0.104. The third kappa shape index (κ3) is 5.19. The first-order chi connectivity index (χ1) is 16.4. The molecule has 0 aliphatic carbocycles. The van der Waals surface area contributed by atoms with E-state index in [2.05, 4.69) is 24.8 Å². The highest BCUT2D eigenvalue weighted by Crippen LogP contribution is 2.37. The standard InChI is InChI=1S/C29H30ClNO3/c1-5-31(6-2)13-14-33-24-10-7-21(8-11-24)29-27(25-12-9-23(30)18-26(25)34-29)28(32)22-16-19(3)15-20(4)17-22/h7-12,15-18H,5-6,13-14H2,1-4H3. The Bertz CT molecular complexity index is 1280. The van der Waals surface area contributed by atoms with Gasteiger partial charge in [0.25, 0.3) is 0 Å². The highest BCUT2D eigenvalue weighted by atomic mass is 35.5. The summed E-state index contributed by atoms with van der Waals surface area (Å²) in [5, 5.41) is 1.32. The van der Waals surface area contributed by atoms with Gasteiger partial charge in [-0.05, 0) is 75.5 Å². The topological polar surface area (TPSA) is 42.7 Å². The van der Waals surface area contributed by atoms with E-state index in [1.807, 2.05) is 56.3 Å². The van der Waals surface area contributed by atoms with Gasteiger partial charge in [0.05, 0.1) is 5.56 Å². The van der Waals surface area contributed by atoms with Crippen molar-refractivity contribution in [2.24, 2.45) is 0 Å². The molecule has 0 aliphatic rings. The third-order valence-electron chi connectivity index (χ3n) is 6.05. The number of aryl methyl sites for hydroxylation is 2. The molecule has 0 saturated carbocycles. The van der Waals surface area contributed by atoms with E-state index in [-0.39, 0.29) is 5.78 Å². The van der Waals surface area contributed by atoms with E-state index >= 15 is 0 Å². The van der Waals surface area contributed by atoms with E-state index in [4.69, 9.17) is 20.8 Å². The minimum absolute atomic E-state index is 0.0672. The Labute approximate surface area is 206 Å². The molecule has 4 nitrogen and oxygen atoms in total.